The number of nitrogens with zero attached hydrogens (tertiary/aromatic N) is 4. The Morgan fingerprint density at radius 1 is 1.16 bits per heavy atom. The van der Waals surface area contributed by atoms with Crippen molar-refractivity contribution in [2.45, 2.75) is 44.7 Å². The van der Waals surface area contributed by atoms with Crippen molar-refractivity contribution in [3.8, 4) is 0 Å². The van der Waals surface area contributed by atoms with Crippen molar-refractivity contribution in [2.75, 3.05) is 51.2 Å². The first-order valence-corrected chi connectivity index (χ1v) is 11.3. The molecule has 0 aromatic heterocycles. The topological polar surface area (TPSA) is 67.3 Å². The maximum Gasteiger partial charge on any atom is 0.407 e. The summed E-state index contributed by atoms with van der Waals surface area (Å²) in [6, 6.07) is 7.30. The molecule has 3 heterocycles. The third-order valence-corrected chi connectivity index (χ3v) is 7.65. The number of amides is 2. The first-order chi connectivity index (χ1) is 14.8. The van der Waals surface area contributed by atoms with Crippen LogP contribution < -0.4 is 4.90 Å². The molecular formula is C23H33FN4O3. The lowest BCUT2D eigenvalue weighted by molar-refractivity contribution is -0.137. The molecule has 2 amide bonds. The van der Waals surface area contributed by atoms with Crippen LogP contribution in [0.3, 0.4) is 0 Å². The van der Waals surface area contributed by atoms with Gasteiger partial charge < -0.3 is 19.8 Å². The van der Waals surface area contributed by atoms with E-state index in [0.29, 0.717) is 32.0 Å². The van der Waals surface area contributed by atoms with Gasteiger partial charge >= 0.3 is 6.09 Å². The molecule has 3 aliphatic heterocycles. The number of piperidine rings is 1. The van der Waals surface area contributed by atoms with E-state index in [0.717, 1.165) is 44.7 Å². The second kappa shape index (κ2) is 8.65. The summed E-state index contributed by atoms with van der Waals surface area (Å²) in [7, 11) is 1.90. The van der Waals surface area contributed by atoms with Crippen LogP contribution in [-0.4, -0.2) is 90.2 Å². The third kappa shape index (κ3) is 4.35. The molecule has 1 N–H and O–H groups in total. The van der Waals surface area contributed by atoms with Crippen LogP contribution in [0.5, 0.6) is 0 Å². The van der Waals surface area contributed by atoms with Gasteiger partial charge in [0.2, 0.25) is 5.91 Å². The minimum absolute atomic E-state index is 0.191. The van der Waals surface area contributed by atoms with Gasteiger partial charge in [-0.3, -0.25) is 9.69 Å². The van der Waals surface area contributed by atoms with E-state index in [1.807, 2.05) is 24.1 Å². The molecule has 8 heteroatoms. The fourth-order valence-corrected chi connectivity index (χ4v) is 5.58. The molecule has 0 bridgehead atoms. The second-order valence-electron chi connectivity index (χ2n) is 9.42. The Morgan fingerprint density at radius 2 is 1.84 bits per heavy atom. The lowest BCUT2D eigenvalue weighted by Gasteiger charge is -2.41. The van der Waals surface area contributed by atoms with Crippen LogP contribution in [0, 0.1) is 11.2 Å². The quantitative estimate of drug-likeness (QED) is 0.793. The smallest absolute Gasteiger partial charge is 0.407 e. The summed E-state index contributed by atoms with van der Waals surface area (Å²) in [5.41, 5.74) is 0.682. The molecule has 7 nitrogen and oxygen atoms in total. The van der Waals surface area contributed by atoms with E-state index < -0.39 is 6.09 Å². The number of likely N-dealkylation sites (tertiary alicyclic amines) is 2. The average Bonchev–Trinajstić information content (AvgIpc) is 2.98. The molecule has 0 aliphatic carbocycles. The van der Waals surface area contributed by atoms with Crippen molar-refractivity contribution in [2.24, 2.45) is 5.41 Å². The number of halogens is 1. The number of carboxylic acid groups (broad SMARTS) is 1. The predicted molar refractivity (Wildman–Crippen MR) is 117 cm³/mol. The third-order valence-electron chi connectivity index (χ3n) is 7.65. The number of anilines is 1. The molecule has 3 fully saturated rings. The van der Waals surface area contributed by atoms with Crippen LogP contribution in [0.25, 0.3) is 0 Å². The lowest BCUT2D eigenvalue weighted by atomic mass is 9.76. The minimum atomic E-state index is -0.890. The molecule has 0 unspecified atom stereocenters. The molecule has 1 spiro atoms. The molecule has 4 rings (SSSR count). The summed E-state index contributed by atoms with van der Waals surface area (Å²) in [6.45, 7) is 6.82. The van der Waals surface area contributed by atoms with Gasteiger partial charge in [-0.2, -0.15) is 0 Å². The van der Waals surface area contributed by atoms with Crippen LogP contribution in [0.1, 0.15) is 32.6 Å². The summed E-state index contributed by atoms with van der Waals surface area (Å²) in [6.07, 6.45) is 2.14. The highest BCUT2D eigenvalue weighted by molar-refractivity contribution is 5.85. The van der Waals surface area contributed by atoms with Crippen LogP contribution >= 0.6 is 0 Å². The maximum absolute atomic E-state index is 13.2. The Labute approximate surface area is 183 Å². The molecular weight excluding hydrogens is 399 g/mol. The number of carbonyl (C=O) groups excluding carboxylic acids is 1. The fourth-order valence-electron chi connectivity index (χ4n) is 5.58. The number of carbonyl (C=O) groups is 2. The first kappa shape index (κ1) is 21.9. The zero-order valence-corrected chi connectivity index (χ0v) is 18.5. The summed E-state index contributed by atoms with van der Waals surface area (Å²) in [5.74, 6) is -0.0196. The van der Waals surface area contributed by atoms with Crippen LogP contribution in [0.2, 0.25) is 0 Å². The summed E-state index contributed by atoms with van der Waals surface area (Å²) in [5, 5.41) is 9.20. The number of piperazine rings is 1. The molecule has 170 valence electrons. The largest absolute Gasteiger partial charge is 0.465 e. The Balaban J connectivity index is 1.30. The standard InChI is InChI=1S/C23H33FN4O3/c1-17-16-28(19-5-3-18(24)4-6-19)14-13-26(17)10-7-20-15-23(21(29)25(20)2)8-11-27(12-9-23)22(30)31/h3-6,17,20H,7-16H2,1-2H3,(H,30,31)/t17-,20+/m1/s1. The highest BCUT2D eigenvalue weighted by Gasteiger charge is 2.51. The van der Waals surface area contributed by atoms with Crippen LogP contribution in [-0.2, 0) is 4.79 Å². The summed E-state index contributed by atoms with van der Waals surface area (Å²) in [4.78, 5) is 32.4. The fraction of sp³-hybridized carbons (Fsp3) is 0.652. The van der Waals surface area contributed by atoms with E-state index in [4.69, 9.17) is 0 Å². The molecule has 1 aromatic rings. The monoisotopic (exact) mass is 432 g/mol. The second-order valence-corrected chi connectivity index (χ2v) is 9.42. The van der Waals surface area contributed by atoms with Gasteiger partial charge in [-0.15, -0.1) is 0 Å². The molecule has 3 aliphatic rings. The van der Waals surface area contributed by atoms with Gasteiger partial charge in [0.15, 0.2) is 0 Å². The predicted octanol–water partition coefficient (Wildman–Crippen LogP) is 2.72. The SMILES string of the molecule is C[C@@H]1CN(c2ccc(F)cc2)CCN1CC[C@H]1CC2(CCN(C(=O)O)CC2)C(=O)N1C. The Bertz CT molecular complexity index is 810. The van der Waals surface area contributed by atoms with E-state index in [-0.39, 0.29) is 23.2 Å². The summed E-state index contributed by atoms with van der Waals surface area (Å²) < 4.78 is 13.2. The van der Waals surface area contributed by atoms with Gasteiger partial charge in [0, 0.05) is 64.1 Å². The molecule has 3 saturated heterocycles. The van der Waals surface area contributed by atoms with Crippen LogP contribution in [0.15, 0.2) is 24.3 Å². The summed E-state index contributed by atoms with van der Waals surface area (Å²) >= 11 is 0. The van der Waals surface area contributed by atoms with Crippen molar-refractivity contribution in [3.05, 3.63) is 30.1 Å². The first-order valence-electron chi connectivity index (χ1n) is 11.3. The minimum Gasteiger partial charge on any atom is -0.465 e. The van der Waals surface area contributed by atoms with Gasteiger partial charge in [-0.25, -0.2) is 9.18 Å². The number of hydrogen-bond acceptors (Lipinski definition) is 4. The molecule has 0 radical (unpaired) electrons. The highest BCUT2D eigenvalue weighted by Crippen LogP contribution is 2.44. The number of benzene rings is 1. The van der Waals surface area contributed by atoms with E-state index in [2.05, 4.69) is 16.7 Å². The van der Waals surface area contributed by atoms with E-state index >= 15 is 0 Å². The average molecular weight is 433 g/mol. The van der Waals surface area contributed by atoms with Gasteiger partial charge in [0.25, 0.3) is 0 Å². The number of hydrogen-bond donors (Lipinski definition) is 1. The zero-order chi connectivity index (χ0) is 22.2. The Morgan fingerprint density at radius 3 is 2.45 bits per heavy atom. The number of rotatable bonds is 4. The van der Waals surface area contributed by atoms with Crippen molar-refractivity contribution in [3.63, 3.8) is 0 Å². The Hall–Kier alpha value is -2.35. The van der Waals surface area contributed by atoms with Crippen LogP contribution in [0.4, 0.5) is 14.9 Å². The van der Waals surface area contributed by atoms with E-state index in [1.165, 1.54) is 17.0 Å². The van der Waals surface area contributed by atoms with Gasteiger partial charge in [-0.05, 0) is 56.9 Å². The Kier molecular flexibility index (Phi) is 6.10. The lowest BCUT2D eigenvalue weighted by Crippen LogP contribution is -2.52. The van der Waals surface area contributed by atoms with Crippen molar-refractivity contribution < 1.29 is 19.1 Å². The van der Waals surface area contributed by atoms with Crippen molar-refractivity contribution in [1.82, 2.24) is 14.7 Å². The maximum atomic E-state index is 13.2. The van der Waals surface area contributed by atoms with E-state index in [1.54, 1.807) is 0 Å². The van der Waals surface area contributed by atoms with Gasteiger partial charge in [0.1, 0.15) is 5.82 Å². The van der Waals surface area contributed by atoms with Gasteiger partial charge in [0.05, 0.1) is 5.41 Å². The highest BCUT2D eigenvalue weighted by atomic mass is 19.1. The normalized spacial score (nSPS) is 26.7. The van der Waals surface area contributed by atoms with Crippen molar-refractivity contribution in [1.29, 1.82) is 0 Å². The molecule has 1 aromatic carbocycles. The molecule has 31 heavy (non-hydrogen) atoms. The molecule has 0 saturated carbocycles. The van der Waals surface area contributed by atoms with Crippen molar-refractivity contribution >= 4 is 17.7 Å². The van der Waals surface area contributed by atoms with Gasteiger partial charge in [-0.1, -0.05) is 0 Å². The van der Waals surface area contributed by atoms with E-state index in [9.17, 15) is 19.1 Å². The molecule has 2 atom stereocenters. The zero-order valence-electron chi connectivity index (χ0n) is 18.5.